The number of hydrogen-bond donors (Lipinski definition) is 1. The molecule has 0 radical (unpaired) electrons. The van der Waals surface area contributed by atoms with Crippen molar-refractivity contribution in [3.63, 3.8) is 0 Å². The van der Waals surface area contributed by atoms with E-state index in [9.17, 15) is 4.79 Å². The van der Waals surface area contributed by atoms with E-state index in [1.807, 2.05) is 43.3 Å². The zero-order valence-electron chi connectivity index (χ0n) is 16.9. The monoisotopic (exact) mass is 420 g/mol. The molecule has 2 aromatic carbocycles. The van der Waals surface area contributed by atoms with E-state index in [-0.39, 0.29) is 11.7 Å². The van der Waals surface area contributed by atoms with E-state index in [1.54, 1.807) is 0 Å². The molecule has 0 atom stereocenters. The van der Waals surface area contributed by atoms with Crippen LogP contribution in [0.15, 0.2) is 65.7 Å². The maximum absolute atomic E-state index is 12.3. The lowest BCUT2D eigenvalue weighted by atomic mass is 10.00. The van der Waals surface area contributed by atoms with Gasteiger partial charge >= 0.3 is 0 Å². The van der Waals surface area contributed by atoms with Crippen LogP contribution in [0.1, 0.15) is 18.1 Å². The first kappa shape index (κ1) is 20.2. The molecular weight excluding hydrogens is 396 g/mol. The van der Waals surface area contributed by atoms with E-state index in [4.69, 9.17) is 4.74 Å². The van der Waals surface area contributed by atoms with Crippen molar-refractivity contribution in [1.82, 2.24) is 10.2 Å². The molecule has 0 fully saturated rings. The van der Waals surface area contributed by atoms with Crippen LogP contribution in [0, 0.1) is 0 Å². The smallest absolute Gasteiger partial charge is 0.234 e. The van der Waals surface area contributed by atoms with Crippen molar-refractivity contribution in [3.05, 3.63) is 71.8 Å². The predicted molar refractivity (Wildman–Crippen MR) is 120 cm³/mol. The highest BCUT2D eigenvalue weighted by molar-refractivity contribution is 7.99. The van der Waals surface area contributed by atoms with E-state index in [0.29, 0.717) is 18.0 Å². The molecule has 0 unspecified atom stereocenters. The minimum absolute atomic E-state index is 0.106. The molecule has 0 saturated heterocycles. The summed E-state index contributed by atoms with van der Waals surface area (Å²) in [7, 11) is 0. The van der Waals surface area contributed by atoms with E-state index in [0.717, 1.165) is 30.4 Å². The lowest BCUT2D eigenvalue weighted by Gasteiger charge is -2.29. The molecule has 1 aliphatic rings. The van der Waals surface area contributed by atoms with Crippen LogP contribution >= 0.6 is 11.8 Å². The Morgan fingerprint density at radius 2 is 1.87 bits per heavy atom. The number of anilines is 2. The number of thioether (sulfide) groups is 1. The van der Waals surface area contributed by atoms with E-state index < -0.39 is 0 Å². The molecule has 1 N–H and O–H groups in total. The van der Waals surface area contributed by atoms with Crippen LogP contribution in [-0.4, -0.2) is 35.0 Å². The Hall–Kier alpha value is -3.06. The third-order valence-electron chi connectivity index (χ3n) is 4.89. The molecule has 1 amide bonds. The van der Waals surface area contributed by atoms with Crippen molar-refractivity contribution in [2.75, 3.05) is 29.1 Å². The fraction of sp³-hybridized carbons (Fsp3) is 0.261. The van der Waals surface area contributed by atoms with Gasteiger partial charge in [0.25, 0.3) is 0 Å². The molecule has 0 aliphatic carbocycles. The summed E-state index contributed by atoms with van der Waals surface area (Å²) in [5.41, 5.74) is 3.43. The zero-order valence-corrected chi connectivity index (χ0v) is 17.7. The summed E-state index contributed by atoms with van der Waals surface area (Å²) in [6.07, 6.45) is 1.01. The van der Waals surface area contributed by atoms with Gasteiger partial charge in [-0.15, -0.1) is 10.2 Å². The summed E-state index contributed by atoms with van der Waals surface area (Å²) < 4.78 is 5.54. The predicted octanol–water partition coefficient (Wildman–Crippen LogP) is 4.17. The van der Waals surface area contributed by atoms with Crippen LogP contribution in [-0.2, 0) is 17.8 Å². The fourth-order valence-electron chi connectivity index (χ4n) is 3.43. The molecule has 6 nitrogen and oxygen atoms in total. The van der Waals surface area contributed by atoms with Gasteiger partial charge in [-0.1, -0.05) is 48.2 Å². The highest BCUT2D eigenvalue weighted by Crippen LogP contribution is 2.26. The Morgan fingerprint density at radius 1 is 1.07 bits per heavy atom. The van der Waals surface area contributed by atoms with Gasteiger partial charge in [-0.3, -0.25) is 4.79 Å². The molecule has 4 rings (SSSR count). The van der Waals surface area contributed by atoms with Gasteiger partial charge in [-0.25, -0.2) is 0 Å². The molecule has 0 saturated carbocycles. The van der Waals surface area contributed by atoms with Gasteiger partial charge in [-0.05, 0) is 48.7 Å². The average Bonchev–Trinajstić information content (AvgIpc) is 2.79. The van der Waals surface area contributed by atoms with E-state index in [2.05, 4.69) is 44.7 Å². The number of ether oxygens (including phenoxy) is 1. The highest BCUT2D eigenvalue weighted by atomic mass is 32.2. The normalized spacial score (nSPS) is 12.9. The third kappa shape index (κ3) is 4.91. The minimum atomic E-state index is -0.106. The molecular formula is C23H24N4O2S. The molecule has 0 bridgehead atoms. The summed E-state index contributed by atoms with van der Waals surface area (Å²) in [5.74, 6) is 1.69. The van der Waals surface area contributed by atoms with Gasteiger partial charge in [-0.2, -0.15) is 0 Å². The SMILES string of the molecule is CCOc1ccccc1NC(=O)CSc1ccc(N2CCc3ccccc3C2)nn1. The summed E-state index contributed by atoms with van der Waals surface area (Å²) in [4.78, 5) is 14.6. The lowest BCUT2D eigenvalue weighted by molar-refractivity contribution is -0.113. The molecule has 30 heavy (non-hydrogen) atoms. The van der Waals surface area contributed by atoms with Crippen molar-refractivity contribution >= 4 is 29.2 Å². The topological polar surface area (TPSA) is 67.3 Å². The van der Waals surface area contributed by atoms with Crippen LogP contribution in [0.4, 0.5) is 11.5 Å². The lowest BCUT2D eigenvalue weighted by Crippen LogP contribution is -2.31. The molecule has 0 spiro atoms. The van der Waals surface area contributed by atoms with Gasteiger partial charge in [0.15, 0.2) is 5.82 Å². The van der Waals surface area contributed by atoms with Gasteiger partial charge in [0, 0.05) is 13.1 Å². The van der Waals surface area contributed by atoms with Crippen molar-refractivity contribution in [2.45, 2.75) is 24.9 Å². The van der Waals surface area contributed by atoms with Crippen LogP contribution < -0.4 is 15.0 Å². The minimum Gasteiger partial charge on any atom is -0.492 e. The van der Waals surface area contributed by atoms with Crippen molar-refractivity contribution in [3.8, 4) is 5.75 Å². The number of benzene rings is 2. The summed E-state index contributed by atoms with van der Waals surface area (Å²) in [6, 6.07) is 19.9. The second kappa shape index (κ2) is 9.63. The van der Waals surface area contributed by atoms with Crippen LogP contribution in [0.25, 0.3) is 0 Å². The summed E-state index contributed by atoms with van der Waals surface area (Å²) >= 11 is 1.37. The van der Waals surface area contributed by atoms with Gasteiger partial charge in [0.05, 0.1) is 18.0 Å². The highest BCUT2D eigenvalue weighted by Gasteiger charge is 2.17. The summed E-state index contributed by atoms with van der Waals surface area (Å²) in [6.45, 7) is 4.24. The number of carbonyl (C=O) groups is 1. The van der Waals surface area contributed by atoms with Crippen LogP contribution in [0.2, 0.25) is 0 Å². The fourth-order valence-corrected chi connectivity index (χ4v) is 4.04. The first-order valence-corrected chi connectivity index (χ1v) is 11.0. The van der Waals surface area contributed by atoms with Crippen molar-refractivity contribution in [2.24, 2.45) is 0 Å². The standard InChI is InChI=1S/C23H24N4O2S/c1-2-29-20-10-6-5-9-19(20)24-22(28)16-30-23-12-11-21(25-26-23)27-14-13-17-7-3-4-8-18(17)15-27/h3-12H,2,13-16H2,1H3,(H,24,28). The molecule has 3 aromatic rings. The largest absolute Gasteiger partial charge is 0.492 e. The van der Waals surface area contributed by atoms with Crippen molar-refractivity contribution in [1.29, 1.82) is 0 Å². The van der Waals surface area contributed by atoms with Gasteiger partial charge in [0.2, 0.25) is 5.91 Å². The number of nitrogens with one attached hydrogen (secondary N) is 1. The average molecular weight is 421 g/mol. The Labute approximate surface area is 180 Å². The summed E-state index contributed by atoms with van der Waals surface area (Å²) in [5, 5.41) is 12.3. The van der Waals surface area contributed by atoms with E-state index in [1.165, 1.54) is 22.9 Å². The number of fused-ring (bicyclic) bond motifs is 1. The maximum atomic E-state index is 12.3. The first-order valence-electron chi connectivity index (χ1n) is 10.0. The third-order valence-corrected chi connectivity index (χ3v) is 5.81. The number of rotatable bonds is 7. The molecule has 1 aromatic heterocycles. The molecule has 7 heteroatoms. The Kier molecular flexibility index (Phi) is 6.49. The number of hydrogen-bond acceptors (Lipinski definition) is 6. The quantitative estimate of drug-likeness (QED) is 0.579. The van der Waals surface area contributed by atoms with Crippen molar-refractivity contribution < 1.29 is 9.53 Å². The van der Waals surface area contributed by atoms with Crippen LogP contribution in [0.5, 0.6) is 5.75 Å². The van der Waals surface area contributed by atoms with E-state index >= 15 is 0 Å². The first-order chi connectivity index (χ1) is 14.7. The number of carbonyl (C=O) groups excluding carboxylic acids is 1. The Morgan fingerprint density at radius 3 is 2.67 bits per heavy atom. The molecule has 154 valence electrons. The molecule has 2 heterocycles. The number of aromatic nitrogens is 2. The number of amides is 1. The number of para-hydroxylation sites is 2. The molecule has 1 aliphatic heterocycles. The van der Waals surface area contributed by atoms with Gasteiger partial charge in [0.1, 0.15) is 10.8 Å². The second-order valence-electron chi connectivity index (χ2n) is 6.94. The second-order valence-corrected chi connectivity index (χ2v) is 7.93. The maximum Gasteiger partial charge on any atom is 0.234 e. The Bertz CT molecular complexity index is 1010. The van der Waals surface area contributed by atoms with Crippen LogP contribution in [0.3, 0.4) is 0 Å². The number of nitrogens with zero attached hydrogens (tertiary/aromatic N) is 3. The zero-order chi connectivity index (χ0) is 20.8. The van der Waals surface area contributed by atoms with Gasteiger partial charge < -0.3 is 15.0 Å². The Balaban J connectivity index is 1.32.